The molecule has 0 radical (unpaired) electrons. The first-order valence-corrected chi connectivity index (χ1v) is 8.18. The summed E-state index contributed by atoms with van der Waals surface area (Å²) < 4.78 is 5.89. The van der Waals surface area contributed by atoms with Crippen LogP contribution in [0.25, 0.3) is 0 Å². The molecule has 2 heteroatoms. The zero-order valence-electron chi connectivity index (χ0n) is 13.2. The Labute approximate surface area is 124 Å². The third kappa shape index (κ3) is 5.16. The number of hydrogen-bond acceptors (Lipinski definition) is 2. The van der Waals surface area contributed by atoms with E-state index >= 15 is 0 Å². The van der Waals surface area contributed by atoms with E-state index in [-0.39, 0.29) is 0 Å². The maximum Gasteiger partial charge on any atom is 0.122 e. The molecule has 0 aromatic heterocycles. The summed E-state index contributed by atoms with van der Waals surface area (Å²) in [6, 6.07) is 6.42. The van der Waals surface area contributed by atoms with Crippen LogP contribution in [0.3, 0.4) is 0 Å². The number of likely N-dealkylation sites (tertiary alicyclic amines) is 1. The van der Waals surface area contributed by atoms with E-state index in [1.54, 1.807) is 0 Å². The summed E-state index contributed by atoms with van der Waals surface area (Å²) in [4.78, 5) is 2.60. The molecule has 0 unspecified atom stereocenters. The van der Waals surface area contributed by atoms with Crippen molar-refractivity contribution in [3.63, 3.8) is 0 Å². The van der Waals surface area contributed by atoms with Crippen LogP contribution in [0.4, 0.5) is 0 Å². The highest BCUT2D eigenvalue weighted by Gasteiger charge is 2.09. The van der Waals surface area contributed by atoms with Crippen LogP contribution in [0.2, 0.25) is 0 Å². The van der Waals surface area contributed by atoms with Gasteiger partial charge in [0, 0.05) is 0 Å². The van der Waals surface area contributed by atoms with Crippen molar-refractivity contribution in [3.8, 4) is 5.75 Å². The largest absolute Gasteiger partial charge is 0.493 e. The van der Waals surface area contributed by atoms with E-state index in [4.69, 9.17) is 4.74 Å². The average Bonchev–Trinajstić information content (AvgIpc) is 2.94. The van der Waals surface area contributed by atoms with Gasteiger partial charge >= 0.3 is 0 Å². The number of nitrogens with zero attached hydrogens (tertiary/aromatic N) is 1. The lowest BCUT2D eigenvalue weighted by atomic mass is 10.1. The fourth-order valence-corrected chi connectivity index (χ4v) is 2.84. The van der Waals surface area contributed by atoms with Gasteiger partial charge in [0.1, 0.15) is 5.75 Å². The molecular weight excluding hydrogens is 246 g/mol. The van der Waals surface area contributed by atoms with Crippen LogP contribution in [0, 0.1) is 13.8 Å². The number of benzene rings is 1. The van der Waals surface area contributed by atoms with E-state index in [2.05, 4.69) is 36.9 Å². The van der Waals surface area contributed by atoms with E-state index < -0.39 is 0 Å². The Bertz CT molecular complexity index is 396. The zero-order chi connectivity index (χ0) is 14.2. The lowest BCUT2D eigenvalue weighted by Crippen LogP contribution is -2.20. The monoisotopic (exact) mass is 275 g/mol. The fourth-order valence-electron chi connectivity index (χ4n) is 2.84. The second-order valence-corrected chi connectivity index (χ2v) is 6.08. The zero-order valence-corrected chi connectivity index (χ0v) is 13.2. The van der Waals surface area contributed by atoms with Gasteiger partial charge in [0.15, 0.2) is 0 Å². The second kappa shape index (κ2) is 8.31. The second-order valence-electron chi connectivity index (χ2n) is 6.08. The quantitative estimate of drug-likeness (QED) is 0.654. The van der Waals surface area contributed by atoms with Crippen LogP contribution >= 0.6 is 0 Å². The standard InChI is InChI=1S/C18H29NO/c1-16-9-10-17(2)18(15-16)20-14-8-4-3-5-11-19-12-6-7-13-19/h9-10,15H,3-8,11-14H2,1-2H3. The third-order valence-electron chi connectivity index (χ3n) is 4.17. The lowest BCUT2D eigenvalue weighted by molar-refractivity contribution is 0.295. The van der Waals surface area contributed by atoms with Crippen LogP contribution in [-0.4, -0.2) is 31.1 Å². The maximum absolute atomic E-state index is 5.89. The molecule has 112 valence electrons. The van der Waals surface area contributed by atoms with Gasteiger partial charge in [-0.15, -0.1) is 0 Å². The maximum atomic E-state index is 5.89. The van der Waals surface area contributed by atoms with Crippen LogP contribution in [0.1, 0.15) is 49.7 Å². The summed E-state index contributed by atoms with van der Waals surface area (Å²) >= 11 is 0. The Morgan fingerprint density at radius 3 is 2.55 bits per heavy atom. The highest BCUT2D eigenvalue weighted by atomic mass is 16.5. The summed E-state index contributed by atoms with van der Waals surface area (Å²) in [5.74, 6) is 1.06. The van der Waals surface area contributed by atoms with Crippen molar-refractivity contribution in [2.45, 2.75) is 52.4 Å². The molecule has 1 heterocycles. The predicted molar refractivity (Wildman–Crippen MR) is 85.6 cm³/mol. The first kappa shape index (κ1) is 15.4. The molecule has 1 aliphatic rings. The van der Waals surface area contributed by atoms with Crippen molar-refractivity contribution in [1.82, 2.24) is 4.90 Å². The lowest BCUT2D eigenvalue weighted by Gasteiger charge is -2.14. The van der Waals surface area contributed by atoms with Gasteiger partial charge in [-0.1, -0.05) is 25.0 Å². The predicted octanol–water partition coefficient (Wildman–Crippen LogP) is 4.34. The molecule has 20 heavy (non-hydrogen) atoms. The van der Waals surface area contributed by atoms with Crippen molar-refractivity contribution in [2.75, 3.05) is 26.2 Å². The summed E-state index contributed by atoms with van der Waals surface area (Å²) in [5.41, 5.74) is 2.51. The molecule has 1 fully saturated rings. The molecule has 0 N–H and O–H groups in total. The first-order chi connectivity index (χ1) is 9.75. The molecule has 0 aliphatic carbocycles. The Kier molecular flexibility index (Phi) is 6.38. The van der Waals surface area contributed by atoms with Crippen molar-refractivity contribution < 1.29 is 4.74 Å². The Morgan fingerprint density at radius 2 is 1.75 bits per heavy atom. The van der Waals surface area contributed by atoms with Crippen molar-refractivity contribution in [1.29, 1.82) is 0 Å². The van der Waals surface area contributed by atoms with Crippen LogP contribution in [0.5, 0.6) is 5.75 Å². The third-order valence-corrected chi connectivity index (χ3v) is 4.17. The minimum Gasteiger partial charge on any atom is -0.493 e. The molecule has 0 spiro atoms. The number of rotatable bonds is 8. The highest BCUT2D eigenvalue weighted by Crippen LogP contribution is 2.19. The molecule has 1 aliphatic heterocycles. The van der Waals surface area contributed by atoms with Gasteiger partial charge in [0.05, 0.1) is 6.61 Å². The van der Waals surface area contributed by atoms with Gasteiger partial charge < -0.3 is 9.64 Å². The minimum absolute atomic E-state index is 0.855. The first-order valence-electron chi connectivity index (χ1n) is 8.18. The van der Waals surface area contributed by atoms with E-state index in [1.165, 1.54) is 69.3 Å². The topological polar surface area (TPSA) is 12.5 Å². The van der Waals surface area contributed by atoms with Crippen molar-refractivity contribution >= 4 is 0 Å². The van der Waals surface area contributed by atoms with Crippen LogP contribution < -0.4 is 4.74 Å². The van der Waals surface area contributed by atoms with Gasteiger partial charge in [-0.25, -0.2) is 0 Å². The SMILES string of the molecule is Cc1ccc(C)c(OCCCCCCN2CCCC2)c1. The summed E-state index contributed by atoms with van der Waals surface area (Å²) in [7, 11) is 0. The number of ether oxygens (including phenoxy) is 1. The summed E-state index contributed by atoms with van der Waals surface area (Å²) in [6.45, 7) is 9.05. The molecule has 0 saturated carbocycles. The molecule has 1 saturated heterocycles. The van der Waals surface area contributed by atoms with Gasteiger partial charge in [0.25, 0.3) is 0 Å². The Morgan fingerprint density at radius 1 is 1.00 bits per heavy atom. The molecule has 0 atom stereocenters. The van der Waals surface area contributed by atoms with Crippen LogP contribution in [0.15, 0.2) is 18.2 Å². The molecule has 2 rings (SSSR count). The molecule has 2 nitrogen and oxygen atoms in total. The molecular formula is C18H29NO. The average molecular weight is 275 g/mol. The van der Waals surface area contributed by atoms with Crippen molar-refractivity contribution in [2.24, 2.45) is 0 Å². The van der Waals surface area contributed by atoms with E-state index in [9.17, 15) is 0 Å². The van der Waals surface area contributed by atoms with Gasteiger partial charge in [-0.3, -0.25) is 0 Å². The van der Waals surface area contributed by atoms with E-state index in [0.29, 0.717) is 0 Å². The summed E-state index contributed by atoms with van der Waals surface area (Å²) in [6.07, 6.45) is 7.97. The Hall–Kier alpha value is -1.02. The van der Waals surface area contributed by atoms with Gasteiger partial charge in [0.2, 0.25) is 0 Å². The molecule has 0 amide bonds. The normalized spacial score (nSPS) is 15.7. The van der Waals surface area contributed by atoms with Crippen molar-refractivity contribution in [3.05, 3.63) is 29.3 Å². The Balaban J connectivity index is 1.51. The van der Waals surface area contributed by atoms with E-state index in [0.717, 1.165) is 12.4 Å². The molecule has 1 aromatic carbocycles. The van der Waals surface area contributed by atoms with Crippen LogP contribution in [-0.2, 0) is 0 Å². The smallest absolute Gasteiger partial charge is 0.122 e. The molecule has 0 bridgehead atoms. The van der Waals surface area contributed by atoms with Gasteiger partial charge in [-0.05, 0) is 76.4 Å². The minimum atomic E-state index is 0.855. The fraction of sp³-hybridized carbons (Fsp3) is 0.667. The van der Waals surface area contributed by atoms with Gasteiger partial charge in [-0.2, -0.15) is 0 Å². The summed E-state index contributed by atoms with van der Waals surface area (Å²) in [5, 5.41) is 0. The molecule has 1 aromatic rings. The number of aryl methyl sites for hydroxylation is 2. The number of hydrogen-bond donors (Lipinski definition) is 0. The van der Waals surface area contributed by atoms with E-state index in [1.807, 2.05) is 0 Å². The number of unbranched alkanes of at least 4 members (excludes halogenated alkanes) is 3. The highest BCUT2D eigenvalue weighted by molar-refractivity contribution is 5.35.